The van der Waals surface area contributed by atoms with Crippen LogP contribution in [-0.2, 0) is 30.8 Å². The van der Waals surface area contributed by atoms with E-state index in [-0.39, 0.29) is 42.2 Å². The lowest BCUT2D eigenvalue weighted by Gasteiger charge is -2.34. The van der Waals surface area contributed by atoms with Gasteiger partial charge in [0.15, 0.2) is 9.84 Å². The summed E-state index contributed by atoms with van der Waals surface area (Å²) in [6.07, 6.45) is -9.51. The lowest BCUT2D eigenvalue weighted by atomic mass is 9.89. The molecule has 4 rings (SSSR count). The molecule has 1 fully saturated rings. The fourth-order valence-electron chi connectivity index (χ4n) is 4.59. The van der Waals surface area contributed by atoms with E-state index < -0.39 is 61.4 Å². The van der Waals surface area contributed by atoms with Crippen LogP contribution >= 0.6 is 0 Å². The third-order valence-corrected chi connectivity index (χ3v) is 10.3. The van der Waals surface area contributed by atoms with Crippen molar-refractivity contribution in [2.24, 2.45) is 4.99 Å². The van der Waals surface area contributed by atoms with E-state index in [0.717, 1.165) is 27.9 Å². The first-order chi connectivity index (χ1) is 19.3. The number of aliphatic imine (C=N–C) groups is 1. The van der Waals surface area contributed by atoms with Crippen molar-refractivity contribution in [1.82, 2.24) is 9.62 Å². The summed E-state index contributed by atoms with van der Waals surface area (Å²) in [7, 11) is -8.21. The van der Waals surface area contributed by atoms with Crippen LogP contribution in [0.1, 0.15) is 41.5 Å². The van der Waals surface area contributed by atoms with E-state index in [0.29, 0.717) is 11.1 Å². The van der Waals surface area contributed by atoms with Crippen LogP contribution in [0.3, 0.4) is 0 Å². The lowest BCUT2D eigenvalue weighted by molar-refractivity contribution is -0.137. The zero-order valence-corrected chi connectivity index (χ0v) is 23.6. The van der Waals surface area contributed by atoms with Crippen molar-refractivity contribution in [2.45, 2.75) is 49.0 Å². The minimum absolute atomic E-state index is 0.0160. The SMILES string of the molecule is Cc1cc(S(=O)(=O)CCC(F)(F)F)ccc1/C=C/S(=O)(=O)N1CCC2(CC1)N=C(c1cccc(C(F)(F)F)c1)NC2=O. The second kappa shape index (κ2) is 11.1. The molecular formula is C26H25F6N3O5S2. The van der Waals surface area contributed by atoms with Gasteiger partial charge in [-0.2, -0.15) is 30.6 Å². The van der Waals surface area contributed by atoms with Crippen molar-refractivity contribution in [2.75, 3.05) is 18.8 Å². The molecular weight excluding hydrogens is 612 g/mol. The highest BCUT2D eigenvalue weighted by Gasteiger charge is 2.47. The van der Waals surface area contributed by atoms with Crippen LogP contribution in [0.25, 0.3) is 6.08 Å². The average Bonchev–Trinajstić information content (AvgIpc) is 3.21. The van der Waals surface area contributed by atoms with Gasteiger partial charge in [-0.1, -0.05) is 18.2 Å². The van der Waals surface area contributed by atoms with E-state index in [9.17, 15) is 48.0 Å². The number of aryl methyl sites for hydroxylation is 1. The fraction of sp³-hybridized carbons (Fsp3) is 0.385. The van der Waals surface area contributed by atoms with E-state index in [1.807, 2.05) is 0 Å². The van der Waals surface area contributed by atoms with Crippen LogP contribution in [0.15, 0.2) is 57.8 Å². The molecule has 2 aliphatic rings. The summed E-state index contributed by atoms with van der Waals surface area (Å²) in [5.74, 6) is -1.68. The molecule has 2 aliphatic heterocycles. The third-order valence-electron chi connectivity index (χ3n) is 7.03. The van der Waals surface area contributed by atoms with Gasteiger partial charge >= 0.3 is 12.4 Å². The second-order valence-electron chi connectivity index (χ2n) is 9.97. The molecule has 0 aromatic heterocycles. The summed E-state index contributed by atoms with van der Waals surface area (Å²) in [5, 5.41) is 3.41. The summed E-state index contributed by atoms with van der Waals surface area (Å²) < 4.78 is 128. The van der Waals surface area contributed by atoms with Crippen LogP contribution in [0.5, 0.6) is 0 Å². The molecule has 1 saturated heterocycles. The van der Waals surface area contributed by atoms with E-state index in [1.165, 1.54) is 37.3 Å². The van der Waals surface area contributed by atoms with Crippen LogP contribution in [0.4, 0.5) is 26.3 Å². The highest BCUT2D eigenvalue weighted by atomic mass is 32.2. The number of hydrogen-bond acceptors (Lipinski definition) is 6. The summed E-state index contributed by atoms with van der Waals surface area (Å²) in [4.78, 5) is 16.8. The monoisotopic (exact) mass is 637 g/mol. The number of nitrogens with one attached hydrogen (secondary N) is 1. The molecule has 2 aromatic carbocycles. The number of sulfone groups is 1. The number of carbonyl (C=O) groups is 1. The van der Waals surface area contributed by atoms with Crippen molar-refractivity contribution >= 4 is 37.7 Å². The van der Waals surface area contributed by atoms with Gasteiger partial charge in [0.2, 0.25) is 10.0 Å². The number of hydrogen-bond donors (Lipinski definition) is 1. The molecule has 228 valence electrons. The van der Waals surface area contributed by atoms with Crippen molar-refractivity contribution in [3.8, 4) is 0 Å². The first-order valence-corrected chi connectivity index (χ1v) is 15.6. The molecule has 42 heavy (non-hydrogen) atoms. The van der Waals surface area contributed by atoms with E-state index >= 15 is 0 Å². The number of sulfonamides is 1. The first-order valence-electron chi connectivity index (χ1n) is 12.5. The number of alkyl halides is 6. The summed E-state index contributed by atoms with van der Waals surface area (Å²) in [5.41, 5.74) is -1.51. The zero-order chi connectivity index (χ0) is 31.1. The Morgan fingerprint density at radius 2 is 1.67 bits per heavy atom. The Hall–Kier alpha value is -3.24. The number of amides is 1. The van der Waals surface area contributed by atoms with Crippen LogP contribution in [0.2, 0.25) is 0 Å². The molecule has 0 aliphatic carbocycles. The number of piperidine rings is 1. The quantitative estimate of drug-likeness (QED) is 0.451. The Labute approximate surface area is 238 Å². The highest BCUT2D eigenvalue weighted by molar-refractivity contribution is 7.92. The minimum atomic E-state index is -4.63. The molecule has 0 saturated carbocycles. The molecule has 1 spiro atoms. The maximum atomic E-state index is 13.1. The minimum Gasteiger partial charge on any atom is -0.308 e. The van der Waals surface area contributed by atoms with E-state index in [2.05, 4.69) is 10.3 Å². The maximum Gasteiger partial charge on any atom is 0.416 e. The van der Waals surface area contributed by atoms with Crippen molar-refractivity contribution < 1.29 is 48.0 Å². The molecule has 8 nitrogen and oxygen atoms in total. The molecule has 1 amide bonds. The van der Waals surface area contributed by atoms with Gasteiger partial charge in [0, 0.05) is 24.1 Å². The van der Waals surface area contributed by atoms with Crippen LogP contribution in [-0.4, -0.2) is 63.4 Å². The van der Waals surface area contributed by atoms with Crippen molar-refractivity contribution in [3.05, 3.63) is 70.1 Å². The molecule has 0 bridgehead atoms. The Balaban J connectivity index is 1.45. The molecule has 1 N–H and O–H groups in total. The average molecular weight is 638 g/mol. The normalized spacial score (nSPS) is 18.5. The van der Waals surface area contributed by atoms with Crippen LogP contribution in [0, 0.1) is 6.92 Å². The Morgan fingerprint density at radius 3 is 2.26 bits per heavy atom. The number of carbonyl (C=O) groups excluding carboxylic acids is 1. The van der Waals surface area contributed by atoms with Crippen LogP contribution < -0.4 is 5.32 Å². The number of halogens is 6. The van der Waals surface area contributed by atoms with Gasteiger partial charge in [-0.05, 0) is 61.2 Å². The Kier molecular flexibility index (Phi) is 8.39. The third kappa shape index (κ3) is 7.03. The predicted octanol–water partition coefficient (Wildman–Crippen LogP) is 4.45. The van der Waals surface area contributed by atoms with Gasteiger partial charge in [0.05, 0.1) is 22.6 Å². The molecule has 16 heteroatoms. The summed E-state index contributed by atoms with van der Waals surface area (Å²) >= 11 is 0. The van der Waals surface area contributed by atoms with Crippen molar-refractivity contribution in [1.29, 1.82) is 0 Å². The first kappa shape index (κ1) is 31.7. The van der Waals surface area contributed by atoms with Gasteiger partial charge < -0.3 is 5.32 Å². The van der Waals surface area contributed by atoms with Gasteiger partial charge in [-0.15, -0.1) is 0 Å². The summed E-state index contributed by atoms with van der Waals surface area (Å²) in [6, 6.07) is 7.90. The molecule has 0 atom stereocenters. The molecule has 2 aromatic rings. The number of benzene rings is 2. The predicted molar refractivity (Wildman–Crippen MR) is 142 cm³/mol. The van der Waals surface area contributed by atoms with Gasteiger partial charge in [0.25, 0.3) is 5.91 Å². The topological polar surface area (TPSA) is 113 Å². The second-order valence-corrected chi connectivity index (χ2v) is 13.9. The molecule has 0 unspecified atom stereocenters. The standard InChI is InChI=1S/C26H25F6N3O5S2/c1-17-15-21(41(37,38)14-10-25(27,28)29)6-5-18(17)7-13-42(39,40)35-11-8-24(9-12-35)23(36)33-22(34-24)19-3-2-4-20(16-19)26(30,31)32/h2-7,13,15-16H,8-12,14H2,1H3,(H,33,34,36)/b13-7+. The Bertz CT molecular complexity index is 1660. The molecule has 2 heterocycles. The lowest BCUT2D eigenvalue weighted by Crippen LogP contribution is -2.50. The fourth-order valence-corrected chi connectivity index (χ4v) is 7.14. The smallest absolute Gasteiger partial charge is 0.308 e. The number of rotatable bonds is 7. The summed E-state index contributed by atoms with van der Waals surface area (Å²) in [6.45, 7) is 1.28. The largest absolute Gasteiger partial charge is 0.416 e. The Morgan fingerprint density at radius 1 is 1.00 bits per heavy atom. The van der Waals surface area contributed by atoms with Gasteiger partial charge in [-0.3, -0.25) is 9.79 Å². The zero-order valence-electron chi connectivity index (χ0n) is 22.0. The maximum absolute atomic E-state index is 13.1. The highest BCUT2D eigenvalue weighted by Crippen LogP contribution is 2.34. The number of nitrogens with zero attached hydrogens (tertiary/aromatic N) is 2. The van der Waals surface area contributed by atoms with Crippen molar-refractivity contribution in [3.63, 3.8) is 0 Å². The van der Waals surface area contributed by atoms with Gasteiger partial charge in [-0.25, -0.2) is 16.8 Å². The van der Waals surface area contributed by atoms with E-state index in [4.69, 9.17) is 0 Å². The van der Waals surface area contributed by atoms with Gasteiger partial charge in [0.1, 0.15) is 11.4 Å². The molecule has 0 radical (unpaired) electrons. The van der Waals surface area contributed by atoms with E-state index in [1.54, 1.807) is 0 Å². The number of amidine groups is 1.